The monoisotopic (exact) mass is 95.0 g/mol. The molecule has 0 saturated carbocycles. The van der Waals surface area contributed by atoms with Crippen LogP contribution >= 0.6 is 11.5 Å². The van der Waals surface area contributed by atoms with E-state index in [2.05, 4.69) is 5.87 Å². The summed E-state index contributed by atoms with van der Waals surface area (Å²) in [5, 5.41) is 0. The van der Waals surface area contributed by atoms with E-state index in [4.69, 9.17) is 0 Å². The van der Waals surface area contributed by atoms with Gasteiger partial charge < -0.3 is 0 Å². The molecule has 0 radical (unpaired) electrons. The van der Waals surface area contributed by atoms with Gasteiger partial charge in [0.1, 0.15) is 0 Å². The zero-order valence-corrected chi connectivity index (χ0v) is 3.87. The van der Waals surface area contributed by atoms with Crippen molar-refractivity contribution in [1.29, 1.82) is 0 Å². The van der Waals surface area contributed by atoms with Crippen molar-refractivity contribution >= 4 is 17.4 Å². The second-order valence-corrected chi connectivity index (χ2v) is 1.42. The maximum atomic E-state index is 11.2. The molecule has 0 aliphatic heterocycles. The summed E-state index contributed by atoms with van der Waals surface area (Å²) < 4.78 is 11.7. The smallest absolute Gasteiger partial charge is 0.0285 e. The summed E-state index contributed by atoms with van der Waals surface area (Å²) in [6.07, 6.45) is 0. The third-order valence-corrected chi connectivity index (χ3v) is 0.585. The normalized spacial score (nSPS) is 9.40. The lowest BCUT2D eigenvalue weighted by atomic mass is 11.6. The van der Waals surface area contributed by atoms with Crippen molar-refractivity contribution in [2.45, 2.75) is 0 Å². The molecule has 32 valence electrons. The van der Waals surface area contributed by atoms with Gasteiger partial charge in [0, 0.05) is 7.05 Å². The second kappa shape index (κ2) is 2.35. The summed E-state index contributed by atoms with van der Waals surface area (Å²) in [5.41, 5.74) is 0. The Hall–Kier alpha value is 0.110. The van der Waals surface area contributed by atoms with Gasteiger partial charge in [0.15, 0.2) is 0 Å². The SMILES string of the molecule is C=[SH]N(C)F. The molecule has 0 aromatic rings. The van der Waals surface area contributed by atoms with Gasteiger partial charge in [0.25, 0.3) is 0 Å². The minimum Gasteiger partial charge on any atom is -0.124 e. The van der Waals surface area contributed by atoms with Crippen molar-refractivity contribution in [3.63, 3.8) is 0 Å². The average molecular weight is 95.1 g/mol. The fourth-order valence-corrected chi connectivity index (χ4v) is 0. The molecule has 0 aromatic carbocycles. The van der Waals surface area contributed by atoms with Crippen molar-refractivity contribution in [2.75, 3.05) is 7.05 Å². The Labute approximate surface area is 34.4 Å². The number of hydrogen-bond acceptors (Lipinski definition) is 1. The molecular formula is C2H6FNS. The predicted molar refractivity (Wildman–Crippen MR) is 25.0 cm³/mol. The van der Waals surface area contributed by atoms with E-state index < -0.39 is 0 Å². The summed E-state index contributed by atoms with van der Waals surface area (Å²) >= 11 is 0.414. The summed E-state index contributed by atoms with van der Waals surface area (Å²) in [4.78, 5) is 0. The Morgan fingerprint density at radius 1 is 2.00 bits per heavy atom. The van der Waals surface area contributed by atoms with Crippen LogP contribution in [0.4, 0.5) is 4.48 Å². The molecule has 0 aromatic heterocycles. The molecule has 3 heteroatoms. The molecule has 0 bridgehead atoms. The van der Waals surface area contributed by atoms with Gasteiger partial charge in [-0.05, 0) is 0 Å². The summed E-state index contributed by atoms with van der Waals surface area (Å²) in [6, 6.07) is 0. The van der Waals surface area contributed by atoms with Gasteiger partial charge in [0.2, 0.25) is 0 Å². The van der Waals surface area contributed by atoms with E-state index >= 15 is 0 Å². The quantitative estimate of drug-likeness (QED) is 0.284. The highest BCUT2D eigenvalue weighted by Crippen LogP contribution is 1.87. The number of rotatable bonds is 1. The lowest BCUT2D eigenvalue weighted by molar-refractivity contribution is 0.204. The van der Waals surface area contributed by atoms with E-state index in [1.165, 1.54) is 7.05 Å². The highest BCUT2D eigenvalue weighted by Gasteiger charge is 1.70. The Morgan fingerprint density at radius 2 is 2.20 bits per heavy atom. The largest absolute Gasteiger partial charge is 0.124 e. The minimum atomic E-state index is 0.414. The number of thiol groups is 1. The van der Waals surface area contributed by atoms with Crippen molar-refractivity contribution in [3.8, 4) is 0 Å². The fourth-order valence-electron chi connectivity index (χ4n) is 0. The van der Waals surface area contributed by atoms with Crippen LogP contribution in [0.3, 0.4) is 0 Å². The van der Waals surface area contributed by atoms with Gasteiger partial charge in [-0.25, -0.2) is 0 Å². The molecule has 0 amide bonds. The zero-order chi connectivity index (χ0) is 4.28. The van der Waals surface area contributed by atoms with Gasteiger partial charge in [-0.15, -0.1) is 20.5 Å². The highest BCUT2D eigenvalue weighted by atomic mass is 32.1. The molecule has 0 unspecified atom stereocenters. The van der Waals surface area contributed by atoms with Crippen molar-refractivity contribution < 1.29 is 4.48 Å². The predicted octanol–water partition coefficient (Wildman–Crippen LogP) is 0.615. The number of nitrogens with zero attached hydrogens (tertiary/aromatic N) is 1. The maximum absolute atomic E-state index is 11.2. The molecule has 0 saturated heterocycles. The first-order chi connectivity index (χ1) is 2.27. The molecule has 0 aliphatic carbocycles. The van der Waals surface area contributed by atoms with E-state index in [1.807, 2.05) is 0 Å². The van der Waals surface area contributed by atoms with Crippen LogP contribution in [0.15, 0.2) is 0 Å². The van der Waals surface area contributed by atoms with E-state index in [-0.39, 0.29) is 0 Å². The minimum absolute atomic E-state index is 0.414. The molecule has 0 N–H and O–H groups in total. The Balaban J connectivity index is 2.83. The van der Waals surface area contributed by atoms with Crippen LogP contribution in [-0.2, 0) is 0 Å². The van der Waals surface area contributed by atoms with Crippen molar-refractivity contribution in [2.24, 2.45) is 0 Å². The molecule has 0 spiro atoms. The first-order valence-corrected chi connectivity index (χ1v) is 2.16. The Morgan fingerprint density at radius 3 is 2.20 bits per heavy atom. The van der Waals surface area contributed by atoms with E-state index in [9.17, 15) is 4.48 Å². The van der Waals surface area contributed by atoms with Crippen LogP contribution in [0.5, 0.6) is 0 Å². The van der Waals surface area contributed by atoms with Crippen molar-refractivity contribution in [1.82, 2.24) is 4.53 Å². The van der Waals surface area contributed by atoms with Gasteiger partial charge in [-0.2, -0.15) is 0 Å². The molecule has 0 rings (SSSR count). The van der Waals surface area contributed by atoms with Gasteiger partial charge in [0.05, 0.1) is 0 Å². The molecule has 0 fully saturated rings. The molecule has 0 atom stereocenters. The van der Waals surface area contributed by atoms with Gasteiger partial charge in [-0.1, -0.05) is 5.87 Å². The van der Waals surface area contributed by atoms with Crippen LogP contribution < -0.4 is 0 Å². The topological polar surface area (TPSA) is 3.24 Å². The molecule has 0 heterocycles. The molecular weight excluding hydrogens is 89.1 g/mol. The fraction of sp³-hybridized carbons (Fsp3) is 0.500. The van der Waals surface area contributed by atoms with Gasteiger partial charge in [-0.3, -0.25) is 0 Å². The van der Waals surface area contributed by atoms with Gasteiger partial charge >= 0.3 is 0 Å². The molecule has 5 heavy (non-hydrogen) atoms. The zero-order valence-electron chi connectivity index (χ0n) is 2.98. The average Bonchev–Trinajstić information content (AvgIpc) is 1.38. The third kappa shape index (κ3) is 4.11. The van der Waals surface area contributed by atoms with E-state index in [0.717, 1.165) is 0 Å². The van der Waals surface area contributed by atoms with E-state index in [1.54, 1.807) is 0 Å². The van der Waals surface area contributed by atoms with Crippen LogP contribution in [0.1, 0.15) is 0 Å². The first kappa shape index (κ1) is 5.11. The van der Waals surface area contributed by atoms with Crippen LogP contribution in [-0.4, -0.2) is 17.4 Å². The molecule has 1 nitrogen and oxygen atoms in total. The first-order valence-electron chi connectivity index (χ1n) is 1.13. The van der Waals surface area contributed by atoms with Crippen molar-refractivity contribution in [3.05, 3.63) is 0 Å². The summed E-state index contributed by atoms with van der Waals surface area (Å²) in [5.74, 6) is 3.21. The van der Waals surface area contributed by atoms with E-state index in [0.29, 0.717) is 16.1 Å². The Kier molecular flexibility index (Phi) is 2.41. The van der Waals surface area contributed by atoms with Crippen LogP contribution in [0, 0.1) is 0 Å². The van der Waals surface area contributed by atoms with Crippen LogP contribution in [0.25, 0.3) is 0 Å². The number of hydrogen-bond donors (Lipinski definition) is 1. The second-order valence-electron chi connectivity index (χ2n) is 0.586. The summed E-state index contributed by atoms with van der Waals surface area (Å²) in [6.45, 7) is 0. The number of halogens is 1. The van der Waals surface area contributed by atoms with Crippen LogP contribution in [0.2, 0.25) is 0 Å². The standard InChI is InChI=1S/C2H6FNS/c1-4(3)5-2/h5H,2H2,1H3. The lowest BCUT2D eigenvalue weighted by Crippen LogP contribution is -1.84. The highest BCUT2D eigenvalue weighted by molar-refractivity contribution is 7.94. The third-order valence-electron chi connectivity index (χ3n) is 0.195. The lowest BCUT2D eigenvalue weighted by Gasteiger charge is -1.87. The summed E-state index contributed by atoms with van der Waals surface area (Å²) in [7, 11) is 1.31. The maximum Gasteiger partial charge on any atom is 0.0285 e. The Bertz CT molecular complexity index is 36.6. The molecule has 0 aliphatic rings.